The number of hydrogen-bond acceptors (Lipinski definition) is 6. The van der Waals surface area contributed by atoms with E-state index in [-0.39, 0.29) is 30.0 Å². The van der Waals surface area contributed by atoms with Crippen LogP contribution in [0.2, 0.25) is 0 Å². The number of carbonyl (C=O) groups excluding carboxylic acids is 1. The molecule has 0 bridgehead atoms. The van der Waals surface area contributed by atoms with Crippen LogP contribution in [0.4, 0.5) is 15.9 Å². The van der Waals surface area contributed by atoms with Crippen molar-refractivity contribution in [3.8, 4) is 6.07 Å². The van der Waals surface area contributed by atoms with Crippen LogP contribution in [-0.4, -0.2) is 10.9 Å². The van der Waals surface area contributed by atoms with Crippen LogP contribution in [0.5, 0.6) is 0 Å². The number of carbonyl (C=O) groups is 1. The number of nitrogens with zero attached hydrogens (tertiary/aromatic N) is 2. The van der Waals surface area contributed by atoms with Gasteiger partial charge in [0.15, 0.2) is 0 Å². The third kappa shape index (κ3) is 3.41. The topological polar surface area (TPSA) is 118 Å². The molecule has 2 heterocycles. The number of pyridine rings is 1. The Morgan fingerprint density at radius 1 is 1.33 bits per heavy atom. The highest BCUT2D eigenvalue weighted by Gasteiger charge is 2.24. The predicted octanol–water partition coefficient (Wildman–Crippen LogP) is 3.52. The van der Waals surface area contributed by atoms with E-state index < -0.39 is 0 Å². The molecule has 0 aliphatic carbocycles. The van der Waals surface area contributed by atoms with E-state index >= 15 is 0 Å². The number of nitrogen functional groups attached to an aromatic ring is 2. The minimum atomic E-state index is -0.355. The van der Waals surface area contributed by atoms with Crippen molar-refractivity contribution in [3.05, 3.63) is 51.7 Å². The Labute approximate surface area is 159 Å². The number of halogens is 1. The number of nitriles is 1. The van der Waals surface area contributed by atoms with Gasteiger partial charge in [-0.25, -0.2) is 9.37 Å². The number of nitrogens with two attached hydrogens (primary N) is 2. The quantitative estimate of drug-likeness (QED) is 0.637. The number of rotatable bonds is 4. The third-order valence-corrected chi connectivity index (χ3v) is 5.30. The van der Waals surface area contributed by atoms with Gasteiger partial charge in [-0.3, -0.25) is 4.79 Å². The molecule has 1 amide bonds. The molecule has 0 saturated carbocycles. The monoisotopic (exact) mass is 383 g/mol. The summed E-state index contributed by atoms with van der Waals surface area (Å²) in [5, 5.41) is 12.8. The fourth-order valence-electron chi connectivity index (χ4n) is 2.93. The summed E-state index contributed by atoms with van der Waals surface area (Å²) in [5.74, 6) is -0.573. The highest BCUT2D eigenvalue weighted by atomic mass is 32.1. The zero-order chi connectivity index (χ0) is 19.7. The van der Waals surface area contributed by atoms with E-state index in [1.165, 1.54) is 12.1 Å². The second kappa shape index (κ2) is 7.21. The molecular formula is C19H18FN5OS. The average Bonchev–Trinajstić information content (AvgIpc) is 2.95. The summed E-state index contributed by atoms with van der Waals surface area (Å²) in [6, 6.07) is 7.95. The Morgan fingerprint density at radius 2 is 2.00 bits per heavy atom. The van der Waals surface area contributed by atoms with Crippen LogP contribution in [0.25, 0.3) is 10.2 Å². The van der Waals surface area contributed by atoms with Gasteiger partial charge in [0.1, 0.15) is 27.4 Å². The van der Waals surface area contributed by atoms with E-state index in [4.69, 9.17) is 11.5 Å². The molecule has 8 heteroatoms. The second-order valence-corrected chi connectivity index (χ2v) is 7.39. The molecule has 6 nitrogen and oxygen atoms in total. The standard InChI is InChI=1S/C19H18FN5OS/c1-9(2)13-12(7-21)17(23)25-19-14(13)15(22)16(27-19)18(26)24-8-10-3-5-11(20)6-4-10/h3-6,9H,8,22H2,1-2H3,(H2,23,25)(H,24,26). The van der Waals surface area contributed by atoms with Gasteiger partial charge in [0.2, 0.25) is 0 Å². The summed E-state index contributed by atoms with van der Waals surface area (Å²) < 4.78 is 13.0. The summed E-state index contributed by atoms with van der Waals surface area (Å²) in [7, 11) is 0. The van der Waals surface area contributed by atoms with Crippen molar-refractivity contribution in [1.29, 1.82) is 5.26 Å². The lowest BCUT2D eigenvalue weighted by molar-refractivity contribution is 0.0956. The van der Waals surface area contributed by atoms with E-state index in [2.05, 4.69) is 16.4 Å². The first-order valence-corrected chi connectivity index (χ1v) is 9.09. The molecule has 0 unspecified atom stereocenters. The van der Waals surface area contributed by atoms with E-state index in [9.17, 15) is 14.4 Å². The molecule has 0 saturated heterocycles. The fraction of sp³-hybridized carbons (Fsp3) is 0.211. The van der Waals surface area contributed by atoms with Crippen molar-refractivity contribution in [2.75, 3.05) is 11.5 Å². The number of benzene rings is 1. The largest absolute Gasteiger partial charge is 0.397 e. The number of anilines is 2. The maximum Gasteiger partial charge on any atom is 0.263 e. The molecule has 1 aromatic carbocycles. The summed E-state index contributed by atoms with van der Waals surface area (Å²) in [5.41, 5.74) is 14.2. The van der Waals surface area contributed by atoms with E-state index in [0.29, 0.717) is 31.9 Å². The van der Waals surface area contributed by atoms with Gasteiger partial charge in [-0.2, -0.15) is 5.26 Å². The van der Waals surface area contributed by atoms with Crippen LogP contribution in [0.1, 0.15) is 46.1 Å². The highest BCUT2D eigenvalue weighted by Crippen LogP contribution is 2.40. The summed E-state index contributed by atoms with van der Waals surface area (Å²) >= 11 is 1.14. The van der Waals surface area contributed by atoms with Gasteiger partial charge in [0, 0.05) is 11.9 Å². The third-order valence-electron chi connectivity index (χ3n) is 4.21. The SMILES string of the molecule is CC(C)c1c(C#N)c(N)nc2sc(C(=O)NCc3ccc(F)cc3)c(N)c12. The molecule has 5 N–H and O–H groups in total. The molecule has 2 aromatic heterocycles. The number of fused-ring (bicyclic) bond motifs is 1. The minimum absolute atomic E-state index is 0.0144. The van der Waals surface area contributed by atoms with Crippen molar-refractivity contribution >= 4 is 39.0 Å². The first kappa shape index (κ1) is 18.6. The Hall–Kier alpha value is -3.18. The smallest absolute Gasteiger partial charge is 0.263 e. The van der Waals surface area contributed by atoms with Crippen LogP contribution in [0.15, 0.2) is 24.3 Å². The molecule has 0 aliphatic rings. The average molecular weight is 383 g/mol. The van der Waals surface area contributed by atoms with Crippen molar-refractivity contribution in [2.45, 2.75) is 26.3 Å². The van der Waals surface area contributed by atoms with E-state index in [1.807, 2.05) is 13.8 Å². The Morgan fingerprint density at radius 3 is 2.59 bits per heavy atom. The lowest BCUT2D eigenvalue weighted by Crippen LogP contribution is -2.22. The predicted molar refractivity (Wildman–Crippen MR) is 105 cm³/mol. The van der Waals surface area contributed by atoms with Gasteiger partial charge >= 0.3 is 0 Å². The maximum atomic E-state index is 13.0. The molecule has 0 atom stereocenters. The zero-order valence-electron chi connectivity index (χ0n) is 14.8. The van der Waals surface area contributed by atoms with Crippen LogP contribution in [0.3, 0.4) is 0 Å². The van der Waals surface area contributed by atoms with Crippen LogP contribution < -0.4 is 16.8 Å². The summed E-state index contributed by atoms with van der Waals surface area (Å²) in [6.45, 7) is 4.10. The van der Waals surface area contributed by atoms with Gasteiger partial charge in [0.25, 0.3) is 5.91 Å². The molecule has 0 spiro atoms. The summed E-state index contributed by atoms with van der Waals surface area (Å²) in [4.78, 5) is 17.7. The molecular weight excluding hydrogens is 365 g/mol. The van der Waals surface area contributed by atoms with Crippen LogP contribution in [-0.2, 0) is 6.54 Å². The number of nitrogens with one attached hydrogen (secondary N) is 1. The summed E-state index contributed by atoms with van der Waals surface area (Å²) in [6.07, 6.45) is 0. The minimum Gasteiger partial charge on any atom is -0.397 e. The second-order valence-electron chi connectivity index (χ2n) is 6.39. The molecule has 3 rings (SSSR count). The van der Waals surface area contributed by atoms with Crippen molar-refractivity contribution in [3.63, 3.8) is 0 Å². The Bertz CT molecular complexity index is 1070. The van der Waals surface area contributed by atoms with E-state index in [0.717, 1.165) is 16.9 Å². The number of hydrogen-bond donors (Lipinski definition) is 3. The highest BCUT2D eigenvalue weighted by molar-refractivity contribution is 7.21. The lowest BCUT2D eigenvalue weighted by atomic mass is 9.95. The maximum absolute atomic E-state index is 13.0. The first-order chi connectivity index (χ1) is 12.8. The molecule has 0 aliphatic heterocycles. The van der Waals surface area contributed by atoms with Crippen molar-refractivity contribution in [1.82, 2.24) is 10.3 Å². The Balaban J connectivity index is 1.99. The lowest BCUT2D eigenvalue weighted by Gasteiger charge is -2.12. The first-order valence-electron chi connectivity index (χ1n) is 8.27. The van der Waals surface area contributed by atoms with E-state index in [1.54, 1.807) is 12.1 Å². The van der Waals surface area contributed by atoms with Gasteiger partial charge in [-0.1, -0.05) is 26.0 Å². The zero-order valence-corrected chi connectivity index (χ0v) is 15.7. The molecule has 3 aromatic rings. The molecule has 0 radical (unpaired) electrons. The van der Waals surface area contributed by atoms with Gasteiger partial charge < -0.3 is 16.8 Å². The number of thiophene rings is 1. The van der Waals surface area contributed by atoms with Gasteiger partial charge in [-0.15, -0.1) is 11.3 Å². The fourth-order valence-corrected chi connectivity index (χ4v) is 3.96. The normalized spacial score (nSPS) is 10.9. The van der Waals surface area contributed by atoms with Crippen molar-refractivity contribution < 1.29 is 9.18 Å². The molecule has 0 fully saturated rings. The van der Waals surface area contributed by atoms with Crippen LogP contribution in [0, 0.1) is 17.1 Å². The molecule has 27 heavy (non-hydrogen) atoms. The van der Waals surface area contributed by atoms with Gasteiger partial charge in [-0.05, 0) is 29.2 Å². The van der Waals surface area contributed by atoms with Gasteiger partial charge in [0.05, 0.1) is 11.3 Å². The molecule has 138 valence electrons. The van der Waals surface area contributed by atoms with Crippen LogP contribution >= 0.6 is 11.3 Å². The Kier molecular flexibility index (Phi) is 4.97. The van der Waals surface area contributed by atoms with Crippen molar-refractivity contribution in [2.24, 2.45) is 0 Å². The number of aromatic nitrogens is 1. The number of amides is 1.